The lowest BCUT2D eigenvalue weighted by Crippen LogP contribution is -2.38. The normalized spacial score (nSPS) is 19.3. The zero-order valence-corrected chi connectivity index (χ0v) is 18.8. The van der Waals surface area contributed by atoms with Crippen molar-refractivity contribution in [1.29, 1.82) is 0 Å². The summed E-state index contributed by atoms with van der Waals surface area (Å²) >= 11 is 1.51. The number of furan rings is 1. The lowest BCUT2D eigenvalue weighted by Gasteiger charge is -2.37. The highest BCUT2D eigenvalue weighted by molar-refractivity contribution is 7.21. The highest BCUT2D eigenvalue weighted by Crippen LogP contribution is 2.48. The first-order chi connectivity index (χ1) is 15.8. The Bertz CT molecular complexity index is 1570. The van der Waals surface area contributed by atoms with Gasteiger partial charge in [0.15, 0.2) is 16.6 Å². The molecular weight excluding hydrogens is 440 g/mol. The number of nitrogens with one attached hydrogen (secondary N) is 3. The molecule has 1 aliphatic heterocycles. The van der Waals surface area contributed by atoms with Crippen molar-refractivity contribution in [2.24, 2.45) is 5.41 Å². The van der Waals surface area contributed by atoms with Gasteiger partial charge < -0.3 is 9.73 Å². The Hall–Kier alpha value is -3.72. The van der Waals surface area contributed by atoms with Gasteiger partial charge in [-0.05, 0) is 36.1 Å². The SMILES string of the molecule is CC1(C)CC(=O)C2=C(C1)Nc1[nH]c(=O)[nH]c(=O)c1[C@@H]2c1ccc(-c2nc3ccccc3s2)o1. The van der Waals surface area contributed by atoms with Crippen LogP contribution >= 0.6 is 11.3 Å². The Morgan fingerprint density at radius 3 is 2.70 bits per heavy atom. The summed E-state index contributed by atoms with van der Waals surface area (Å²) in [6, 6.07) is 11.4. The standard InChI is InChI=1S/C24H20N4O4S/c1-24(2)9-12-17(13(29)10-24)18(19-20(25-12)27-23(31)28-21(19)30)14-7-8-15(32-14)22-26-11-5-3-4-6-16(11)33-22/h3-8,18H,9-10H2,1-2H3,(H3,25,27,28,30,31)/t18-/m1/s1. The minimum absolute atomic E-state index is 0.0343. The molecule has 0 amide bonds. The number of aromatic amines is 2. The first-order valence-electron chi connectivity index (χ1n) is 10.6. The van der Waals surface area contributed by atoms with Gasteiger partial charge >= 0.3 is 5.69 Å². The van der Waals surface area contributed by atoms with Crippen LogP contribution in [0.15, 0.2) is 61.7 Å². The van der Waals surface area contributed by atoms with Gasteiger partial charge in [-0.15, -0.1) is 11.3 Å². The number of hydrogen-bond donors (Lipinski definition) is 3. The fourth-order valence-electron chi connectivity index (χ4n) is 4.83. The second kappa shape index (κ2) is 6.89. The van der Waals surface area contributed by atoms with Gasteiger partial charge in [0, 0.05) is 17.7 Å². The molecule has 0 saturated carbocycles. The molecule has 1 aliphatic carbocycles. The zero-order chi connectivity index (χ0) is 22.9. The Balaban J connectivity index is 1.53. The summed E-state index contributed by atoms with van der Waals surface area (Å²) in [5.74, 6) is 0.579. The third kappa shape index (κ3) is 3.19. The Morgan fingerprint density at radius 1 is 1.06 bits per heavy atom. The number of benzene rings is 1. The fourth-order valence-corrected chi connectivity index (χ4v) is 5.76. The van der Waals surface area contributed by atoms with Crippen LogP contribution in [0.25, 0.3) is 21.0 Å². The maximum absolute atomic E-state index is 13.3. The molecule has 166 valence electrons. The maximum Gasteiger partial charge on any atom is 0.327 e. The average Bonchev–Trinajstić information content (AvgIpc) is 3.38. The number of Topliss-reactive ketones (excluding diaryl/α,β-unsaturated/α-hetero) is 1. The highest BCUT2D eigenvalue weighted by Gasteiger charge is 2.43. The van der Waals surface area contributed by atoms with Crippen LogP contribution in [0.4, 0.5) is 5.82 Å². The topological polar surface area (TPSA) is 121 Å². The van der Waals surface area contributed by atoms with E-state index in [1.807, 2.05) is 44.2 Å². The van der Waals surface area contributed by atoms with Crippen molar-refractivity contribution in [3.63, 3.8) is 0 Å². The molecule has 0 spiro atoms. The van der Waals surface area contributed by atoms with E-state index >= 15 is 0 Å². The third-order valence-electron chi connectivity index (χ3n) is 6.17. The summed E-state index contributed by atoms with van der Waals surface area (Å²) < 4.78 is 7.26. The number of fused-ring (bicyclic) bond motifs is 2. The monoisotopic (exact) mass is 460 g/mol. The summed E-state index contributed by atoms with van der Waals surface area (Å²) in [6.07, 6.45) is 0.982. The number of nitrogens with zero attached hydrogens (tertiary/aromatic N) is 1. The number of hydrogen-bond acceptors (Lipinski definition) is 7. The number of thiazole rings is 1. The lowest BCUT2D eigenvalue weighted by atomic mass is 9.70. The van der Waals surface area contributed by atoms with E-state index in [-0.39, 0.29) is 16.8 Å². The quantitative estimate of drug-likeness (QED) is 0.414. The van der Waals surface area contributed by atoms with Crippen molar-refractivity contribution in [2.45, 2.75) is 32.6 Å². The predicted octanol–water partition coefficient (Wildman–Crippen LogP) is 4.13. The van der Waals surface area contributed by atoms with Crippen molar-refractivity contribution < 1.29 is 9.21 Å². The van der Waals surface area contributed by atoms with Gasteiger partial charge in [-0.25, -0.2) is 9.78 Å². The van der Waals surface area contributed by atoms with E-state index in [9.17, 15) is 14.4 Å². The van der Waals surface area contributed by atoms with Gasteiger partial charge in [-0.3, -0.25) is 19.6 Å². The molecule has 0 radical (unpaired) electrons. The van der Waals surface area contributed by atoms with Crippen molar-refractivity contribution in [2.75, 3.05) is 5.32 Å². The van der Waals surface area contributed by atoms with Crippen LogP contribution in [-0.2, 0) is 4.79 Å². The first-order valence-corrected chi connectivity index (χ1v) is 11.5. The largest absolute Gasteiger partial charge is 0.458 e. The minimum atomic E-state index is -0.719. The Kier molecular flexibility index (Phi) is 4.16. The molecule has 6 rings (SSSR count). The van der Waals surface area contributed by atoms with Gasteiger partial charge in [0.25, 0.3) is 5.56 Å². The van der Waals surface area contributed by atoms with E-state index in [0.717, 1.165) is 15.2 Å². The number of carbonyl (C=O) groups excluding carboxylic acids is 1. The molecule has 3 N–H and O–H groups in total. The summed E-state index contributed by atoms with van der Waals surface area (Å²) in [5, 5.41) is 3.87. The van der Waals surface area contributed by atoms with Gasteiger partial charge in [-0.1, -0.05) is 26.0 Å². The highest BCUT2D eigenvalue weighted by atomic mass is 32.1. The predicted molar refractivity (Wildman–Crippen MR) is 126 cm³/mol. The Labute approximate surface area is 191 Å². The van der Waals surface area contributed by atoms with Gasteiger partial charge in [0.1, 0.15) is 11.6 Å². The van der Waals surface area contributed by atoms with Crippen LogP contribution in [0.2, 0.25) is 0 Å². The van der Waals surface area contributed by atoms with Crippen LogP contribution in [0, 0.1) is 5.41 Å². The first kappa shape index (κ1) is 19.9. The molecule has 2 aliphatic rings. The summed E-state index contributed by atoms with van der Waals surface area (Å²) in [5.41, 5.74) is 0.996. The Morgan fingerprint density at radius 2 is 1.88 bits per heavy atom. The van der Waals surface area contributed by atoms with E-state index in [1.165, 1.54) is 11.3 Å². The van der Waals surface area contributed by atoms with Crippen molar-refractivity contribution in [3.05, 3.63) is 79.8 Å². The lowest BCUT2D eigenvalue weighted by molar-refractivity contribution is -0.118. The van der Waals surface area contributed by atoms with Crippen LogP contribution < -0.4 is 16.6 Å². The number of anilines is 1. The molecule has 0 fully saturated rings. The smallest absolute Gasteiger partial charge is 0.327 e. The zero-order valence-electron chi connectivity index (χ0n) is 17.9. The summed E-state index contributed by atoms with van der Waals surface area (Å²) in [6.45, 7) is 4.05. The van der Waals surface area contributed by atoms with Gasteiger partial charge in [-0.2, -0.15) is 0 Å². The molecular formula is C24H20N4O4S. The van der Waals surface area contributed by atoms with Crippen LogP contribution in [-0.4, -0.2) is 20.7 Å². The molecule has 1 atom stereocenters. The van der Waals surface area contributed by atoms with E-state index in [0.29, 0.717) is 41.5 Å². The number of H-pyrrole nitrogens is 2. The number of ketones is 1. The molecule has 4 heterocycles. The minimum Gasteiger partial charge on any atom is -0.458 e. The maximum atomic E-state index is 13.3. The molecule has 0 bridgehead atoms. The molecule has 3 aromatic heterocycles. The number of aromatic nitrogens is 3. The van der Waals surface area contributed by atoms with Crippen molar-refractivity contribution >= 4 is 33.2 Å². The van der Waals surface area contributed by atoms with Crippen LogP contribution in [0.5, 0.6) is 0 Å². The molecule has 4 aromatic rings. The molecule has 1 aromatic carbocycles. The van der Waals surface area contributed by atoms with E-state index in [4.69, 9.17) is 4.42 Å². The number of allylic oxidation sites excluding steroid dienone is 2. The summed E-state index contributed by atoms with van der Waals surface area (Å²) in [7, 11) is 0. The number of para-hydroxylation sites is 1. The van der Waals surface area contributed by atoms with Crippen LogP contribution in [0.1, 0.15) is 43.9 Å². The van der Waals surface area contributed by atoms with Crippen molar-refractivity contribution in [1.82, 2.24) is 15.0 Å². The van der Waals surface area contributed by atoms with E-state index in [1.54, 1.807) is 6.07 Å². The van der Waals surface area contributed by atoms with E-state index < -0.39 is 17.2 Å². The fraction of sp³-hybridized carbons (Fsp3) is 0.250. The number of carbonyl (C=O) groups is 1. The second-order valence-electron chi connectivity index (χ2n) is 9.28. The summed E-state index contributed by atoms with van der Waals surface area (Å²) in [4.78, 5) is 47.7. The second-order valence-corrected chi connectivity index (χ2v) is 10.3. The van der Waals surface area contributed by atoms with Gasteiger partial charge in [0.2, 0.25) is 0 Å². The van der Waals surface area contributed by atoms with Gasteiger partial charge in [0.05, 0.1) is 21.7 Å². The molecule has 33 heavy (non-hydrogen) atoms. The van der Waals surface area contributed by atoms with Crippen LogP contribution in [0.3, 0.4) is 0 Å². The average molecular weight is 461 g/mol. The number of rotatable bonds is 2. The molecule has 9 heteroatoms. The molecule has 0 unspecified atom stereocenters. The van der Waals surface area contributed by atoms with E-state index in [2.05, 4.69) is 20.3 Å². The molecule has 8 nitrogen and oxygen atoms in total. The third-order valence-corrected chi connectivity index (χ3v) is 7.22. The molecule has 0 saturated heterocycles. The van der Waals surface area contributed by atoms with Crippen molar-refractivity contribution in [3.8, 4) is 10.8 Å².